The number of rotatable bonds is 0. The molecule has 1 atom stereocenters. The van der Waals surface area contributed by atoms with Crippen LogP contribution in [0.4, 0.5) is 5.82 Å². The van der Waals surface area contributed by atoms with Crippen LogP contribution in [0.25, 0.3) is 12.2 Å². The molecule has 2 aromatic rings. The molecule has 33 heavy (non-hydrogen) atoms. The average molecular weight is 620 g/mol. The second kappa shape index (κ2) is 8.25. The number of aliphatic imine (C=N–C) groups is 2. The van der Waals surface area contributed by atoms with Gasteiger partial charge < -0.3 is 20.3 Å². The summed E-state index contributed by atoms with van der Waals surface area (Å²) in [6, 6.07) is 0. The van der Waals surface area contributed by atoms with Crippen LogP contribution >= 0.6 is 0 Å². The molecular formula is C26H28N6Pt. The van der Waals surface area contributed by atoms with E-state index in [1.165, 1.54) is 11.1 Å². The van der Waals surface area contributed by atoms with Crippen molar-refractivity contribution < 1.29 is 21.1 Å². The first-order valence-electron chi connectivity index (χ1n) is 11.0. The number of anilines is 1. The standard InChI is InChI=1S/C26H28N6.Pt/c1-11-15(5)23-27-19(11)9-20-12(2)16(6)25(28-20)32-26-18(8)14(4)22(30-26)10-21-13(3)17(7)24(29-21)31-23;/h9-10,23,31H,1-8H3;/q-2;+2/b20-9-,22-10-;. The Morgan fingerprint density at radius 2 is 1.48 bits per heavy atom. The third kappa shape index (κ3) is 3.65. The van der Waals surface area contributed by atoms with Crippen molar-refractivity contribution in [3.05, 3.63) is 66.8 Å². The number of allylic oxidation sites excluding steroid dienone is 2. The number of nitrogens with zero attached hydrogens (tertiary/aromatic N) is 5. The molecule has 0 spiro atoms. The van der Waals surface area contributed by atoms with Crippen molar-refractivity contribution in [3.63, 3.8) is 0 Å². The smallest absolute Gasteiger partial charge is 0.457 e. The normalized spacial score (nSPS) is 22.0. The number of hydrogen-bond donors (Lipinski definition) is 1. The van der Waals surface area contributed by atoms with Crippen molar-refractivity contribution >= 4 is 29.5 Å². The summed E-state index contributed by atoms with van der Waals surface area (Å²) in [5, 5.41) is 4.47. The van der Waals surface area contributed by atoms with Gasteiger partial charge in [0.25, 0.3) is 0 Å². The molecule has 8 bridgehead atoms. The van der Waals surface area contributed by atoms with Crippen LogP contribution in [0.2, 0.25) is 0 Å². The zero-order chi connectivity index (χ0) is 22.9. The van der Waals surface area contributed by atoms with Crippen LogP contribution in [0.3, 0.4) is 0 Å². The summed E-state index contributed by atoms with van der Waals surface area (Å²) in [7, 11) is 0. The van der Waals surface area contributed by atoms with Gasteiger partial charge in [0.2, 0.25) is 0 Å². The van der Waals surface area contributed by atoms with Crippen molar-refractivity contribution in [1.29, 1.82) is 0 Å². The van der Waals surface area contributed by atoms with E-state index < -0.39 is 0 Å². The van der Waals surface area contributed by atoms with E-state index in [0.717, 1.165) is 73.0 Å². The van der Waals surface area contributed by atoms with E-state index in [2.05, 4.69) is 72.9 Å². The van der Waals surface area contributed by atoms with Crippen LogP contribution in [-0.4, -0.2) is 17.7 Å². The summed E-state index contributed by atoms with van der Waals surface area (Å²) in [6.45, 7) is 16.8. The van der Waals surface area contributed by atoms with Gasteiger partial charge in [0.1, 0.15) is 0 Å². The second-order valence-electron chi connectivity index (χ2n) is 9.01. The monoisotopic (exact) mass is 619 g/mol. The number of fused-ring (bicyclic) bond motifs is 6. The second-order valence-corrected chi connectivity index (χ2v) is 9.01. The third-order valence-corrected chi connectivity index (χ3v) is 7.24. The molecule has 3 aliphatic heterocycles. The maximum absolute atomic E-state index is 4.97. The average Bonchev–Trinajstić information content (AvgIpc) is 3.37. The van der Waals surface area contributed by atoms with Gasteiger partial charge >= 0.3 is 21.1 Å². The summed E-state index contributed by atoms with van der Waals surface area (Å²) < 4.78 is 0. The molecule has 172 valence electrons. The summed E-state index contributed by atoms with van der Waals surface area (Å²) in [6.07, 6.45) is 4.00. The Kier molecular flexibility index (Phi) is 5.86. The molecule has 0 saturated carbocycles. The molecule has 0 aromatic carbocycles. The molecular weight excluding hydrogens is 591 g/mol. The Balaban J connectivity index is 0.00000259. The maximum atomic E-state index is 4.97. The maximum Gasteiger partial charge on any atom is 2.00 e. The van der Waals surface area contributed by atoms with Gasteiger partial charge in [0, 0.05) is 0 Å². The molecule has 0 amide bonds. The predicted octanol–water partition coefficient (Wildman–Crippen LogP) is 3.56. The fourth-order valence-electron chi connectivity index (χ4n) is 4.24. The topological polar surface area (TPSA) is 77.3 Å². The van der Waals surface area contributed by atoms with Crippen molar-refractivity contribution in [3.8, 4) is 0 Å². The largest absolute Gasteiger partial charge is 2.00 e. The van der Waals surface area contributed by atoms with Crippen LogP contribution in [0.5, 0.6) is 0 Å². The molecule has 0 fully saturated rings. The van der Waals surface area contributed by atoms with E-state index >= 15 is 0 Å². The van der Waals surface area contributed by atoms with Gasteiger partial charge in [0.15, 0.2) is 0 Å². The first-order valence-corrected chi connectivity index (χ1v) is 11.0. The minimum Gasteiger partial charge on any atom is -0.457 e. The number of amidine groups is 1. The first-order chi connectivity index (χ1) is 15.2. The van der Waals surface area contributed by atoms with Gasteiger partial charge in [-0.3, -0.25) is 9.98 Å². The Morgan fingerprint density at radius 3 is 2.21 bits per heavy atom. The van der Waals surface area contributed by atoms with Gasteiger partial charge in [-0.15, -0.1) is 0 Å². The van der Waals surface area contributed by atoms with E-state index in [-0.39, 0.29) is 27.2 Å². The molecule has 5 heterocycles. The van der Waals surface area contributed by atoms with E-state index in [9.17, 15) is 0 Å². The molecule has 5 rings (SSSR count). The Hall–Kier alpha value is -2.72. The molecule has 0 saturated heterocycles. The van der Waals surface area contributed by atoms with E-state index in [1.54, 1.807) is 0 Å². The molecule has 1 unspecified atom stereocenters. The zero-order valence-electron chi connectivity index (χ0n) is 20.3. The van der Waals surface area contributed by atoms with Crippen molar-refractivity contribution in [2.75, 3.05) is 5.32 Å². The Bertz CT molecular complexity index is 1470. The van der Waals surface area contributed by atoms with Crippen molar-refractivity contribution in [1.82, 2.24) is 9.97 Å². The fourth-order valence-corrected chi connectivity index (χ4v) is 4.24. The molecule has 6 nitrogen and oxygen atoms in total. The van der Waals surface area contributed by atoms with Crippen molar-refractivity contribution in [2.45, 2.75) is 61.6 Å². The quantitative estimate of drug-likeness (QED) is 0.490. The Labute approximate surface area is 208 Å². The van der Waals surface area contributed by atoms with Gasteiger partial charge in [-0.2, -0.15) is 0 Å². The molecule has 2 aromatic heterocycles. The van der Waals surface area contributed by atoms with E-state index in [1.807, 2.05) is 0 Å². The number of hydrogen-bond acceptors (Lipinski definition) is 4. The molecule has 3 aliphatic rings. The molecule has 1 N–H and O–H groups in total. The molecule has 7 heteroatoms. The van der Waals surface area contributed by atoms with Crippen LogP contribution in [-0.2, 0) is 21.1 Å². The van der Waals surface area contributed by atoms with Gasteiger partial charge in [-0.25, -0.2) is 0 Å². The summed E-state index contributed by atoms with van der Waals surface area (Å²) >= 11 is 0. The predicted molar refractivity (Wildman–Crippen MR) is 131 cm³/mol. The SMILES string of the molecule is CC1=C(C)/C2=C/c3[n-]c(c(C)c3C)NC3N=C(/C=c4\[n-]c(c(C)c4C)=NC1=N2)C(C)=C3C.[Pt+2]. The minimum absolute atomic E-state index is 0. The van der Waals surface area contributed by atoms with Gasteiger partial charge in [-0.1, -0.05) is 11.3 Å². The summed E-state index contributed by atoms with van der Waals surface area (Å²) in [5.41, 5.74) is 12.6. The molecule has 0 aliphatic carbocycles. The van der Waals surface area contributed by atoms with Gasteiger partial charge in [0.05, 0.1) is 23.4 Å². The molecule has 0 radical (unpaired) electrons. The van der Waals surface area contributed by atoms with Crippen molar-refractivity contribution in [2.24, 2.45) is 15.0 Å². The van der Waals surface area contributed by atoms with Crippen LogP contribution in [0.15, 0.2) is 43.0 Å². The van der Waals surface area contributed by atoms with E-state index in [0.29, 0.717) is 0 Å². The number of aromatic nitrogens is 2. The fraction of sp³-hybridized carbons (Fsp3) is 0.346. The minimum atomic E-state index is -0.136. The van der Waals surface area contributed by atoms with Crippen LogP contribution in [0.1, 0.15) is 55.6 Å². The first kappa shape index (κ1) is 23.4. The third-order valence-electron chi connectivity index (χ3n) is 7.24. The Morgan fingerprint density at radius 1 is 0.758 bits per heavy atom. The van der Waals surface area contributed by atoms with E-state index in [4.69, 9.17) is 24.9 Å². The van der Waals surface area contributed by atoms with Crippen LogP contribution < -0.4 is 26.1 Å². The zero-order valence-corrected chi connectivity index (χ0v) is 22.6. The summed E-state index contributed by atoms with van der Waals surface area (Å²) in [4.78, 5) is 24.4. The number of nitrogens with one attached hydrogen (secondary N) is 1. The summed E-state index contributed by atoms with van der Waals surface area (Å²) in [5.74, 6) is 1.59. The van der Waals surface area contributed by atoms with Gasteiger partial charge in [-0.05, 0) is 123 Å². The van der Waals surface area contributed by atoms with Crippen LogP contribution in [0, 0.1) is 27.7 Å².